The molecule has 1 N–H and O–H groups in total. The van der Waals surface area contributed by atoms with E-state index in [1.54, 1.807) is 7.11 Å². The largest absolute Gasteiger partial charge is 0.497 e. The van der Waals surface area contributed by atoms with Gasteiger partial charge in [0.1, 0.15) is 5.75 Å². The van der Waals surface area contributed by atoms with Gasteiger partial charge in [-0.1, -0.05) is 19.1 Å². The fourth-order valence-electron chi connectivity index (χ4n) is 2.69. The fourth-order valence-corrected chi connectivity index (χ4v) is 2.69. The van der Waals surface area contributed by atoms with Gasteiger partial charge < -0.3 is 14.8 Å². The normalized spacial score (nSPS) is 22.6. The average molecular weight is 263 g/mol. The Labute approximate surface area is 116 Å². The van der Waals surface area contributed by atoms with Crippen LogP contribution < -0.4 is 10.1 Å². The summed E-state index contributed by atoms with van der Waals surface area (Å²) in [5.74, 6) is 1.62. The lowest BCUT2D eigenvalue weighted by Crippen LogP contribution is -2.29. The summed E-state index contributed by atoms with van der Waals surface area (Å²) in [5.41, 5.74) is 1.35. The van der Waals surface area contributed by atoms with E-state index in [1.165, 1.54) is 12.0 Å². The number of nitrogens with one attached hydrogen (secondary N) is 1. The zero-order valence-electron chi connectivity index (χ0n) is 12.0. The van der Waals surface area contributed by atoms with Crippen LogP contribution in [0.3, 0.4) is 0 Å². The molecule has 0 spiro atoms. The van der Waals surface area contributed by atoms with Gasteiger partial charge in [0.15, 0.2) is 0 Å². The standard InChI is InChI=1S/C16H25NO2/c1-3-16-14(9-11-19-16)12-17-10-8-13-4-6-15(18-2)7-5-13/h4-7,14,16-17H,3,8-12H2,1-2H3. The van der Waals surface area contributed by atoms with E-state index in [4.69, 9.17) is 9.47 Å². The van der Waals surface area contributed by atoms with Crippen LogP contribution in [-0.2, 0) is 11.2 Å². The second kappa shape index (κ2) is 7.51. The van der Waals surface area contributed by atoms with Crippen molar-refractivity contribution >= 4 is 0 Å². The molecule has 0 amide bonds. The summed E-state index contributed by atoms with van der Waals surface area (Å²) in [4.78, 5) is 0. The third kappa shape index (κ3) is 4.22. The number of ether oxygens (including phenoxy) is 2. The van der Waals surface area contributed by atoms with Crippen LogP contribution in [0.1, 0.15) is 25.3 Å². The van der Waals surface area contributed by atoms with Gasteiger partial charge in [0.2, 0.25) is 0 Å². The van der Waals surface area contributed by atoms with E-state index in [-0.39, 0.29) is 0 Å². The van der Waals surface area contributed by atoms with Crippen molar-refractivity contribution in [1.82, 2.24) is 5.32 Å². The van der Waals surface area contributed by atoms with E-state index in [2.05, 4.69) is 24.4 Å². The van der Waals surface area contributed by atoms with Crippen LogP contribution in [0.15, 0.2) is 24.3 Å². The third-order valence-electron chi connectivity index (χ3n) is 3.90. The molecule has 0 bridgehead atoms. The first-order chi connectivity index (χ1) is 9.33. The zero-order chi connectivity index (χ0) is 13.5. The lowest BCUT2D eigenvalue weighted by atomic mass is 9.99. The van der Waals surface area contributed by atoms with Crippen molar-refractivity contribution in [2.75, 3.05) is 26.8 Å². The minimum Gasteiger partial charge on any atom is -0.497 e. The summed E-state index contributed by atoms with van der Waals surface area (Å²) in [5, 5.41) is 3.56. The fraction of sp³-hybridized carbons (Fsp3) is 0.625. The van der Waals surface area contributed by atoms with Crippen LogP contribution in [0, 0.1) is 5.92 Å². The molecule has 1 aromatic carbocycles. The quantitative estimate of drug-likeness (QED) is 0.767. The van der Waals surface area contributed by atoms with E-state index in [0.717, 1.165) is 38.3 Å². The monoisotopic (exact) mass is 263 g/mol. The van der Waals surface area contributed by atoms with Crippen LogP contribution >= 0.6 is 0 Å². The number of methoxy groups -OCH3 is 1. The highest BCUT2D eigenvalue weighted by Gasteiger charge is 2.25. The smallest absolute Gasteiger partial charge is 0.118 e. The molecule has 0 saturated carbocycles. The minimum absolute atomic E-state index is 0.466. The molecule has 3 heteroatoms. The number of hydrogen-bond donors (Lipinski definition) is 1. The van der Waals surface area contributed by atoms with Gasteiger partial charge in [0.05, 0.1) is 13.2 Å². The van der Waals surface area contributed by atoms with Gasteiger partial charge in [-0.25, -0.2) is 0 Å². The van der Waals surface area contributed by atoms with E-state index in [1.807, 2.05) is 12.1 Å². The molecule has 1 fully saturated rings. The SMILES string of the molecule is CCC1OCCC1CNCCc1ccc(OC)cc1. The predicted octanol–water partition coefficient (Wildman–Crippen LogP) is 2.64. The molecule has 106 valence electrons. The highest BCUT2D eigenvalue weighted by atomic mass is 16.5. The van der Waals surface area contributed by atoms with Gasteiger partial charge in [-0.15, -0.1) is 0 Å². The second-order valence-electron chi connectivity index (χ2n) is 5.17. The molecule has 2 atom stereocenters. The minimum atomic E-state index is 0.466. The van der Waals surface area contributed by atoms with Crippen LogP contribution in [0.5, 0.6) is 5.75 Å². The molecule has 2 rings (SSSR count). The molecule has 0 aliphatic carbocycles. The van der Waals surface area contributed by atoms with Crippen molar-refractivity contribution in [3.8, 4) is 5.75 Å². The maximum atomic E-state index is 5.70. The molecule has 1 aliphatic rings. The Hall–Kier alpha value is -1.06. The van der Waals surface area contributed by atoms with Gasteiger partial charge in [0, 0.05) is 13.2 Å². The number of benzene rings is 1. The Balaban J connectivity index is 1.66. The Kier molecular flexibility index (Phi) is 5.67. The molecular weight excluding hydrogens is 238 g/mol. The zero-order valence-corrected chi connectivity index (χ0v) is 12.0. The van der Waals surface area contributed by atoms with Crippen molar-refractivity contribution in [2.24, 2.45) is 5.92 Å². The third-order valence-corrected chi connectivity index (χ3v) is 3.90. The predicted molar refractivity (Wildman–Crippen MR) is 77.7 cm³/mol. The lowest BCUT2D eigenvalue weighted by molar-refractivity contribution is 0.0873. The van der Waals surface area contributed by atoms with Crippen molar-refractivity contribution in [3.63, 3.8) is 0 Å². The molecule has 3 nitrogen and oxygen atoms in total. The van der Waals surface area contributed by atoms with Crippen molar-refractivity contribution < 1.29 is 9.47 Å². The first kappa shape index (κ1) is 14.4. The summed E-state index contributed by atoms with van der Waals surface area (Å²) in [6.45, 7) is 5.25. The van der Waals surface area contributed by atoms with E-state index < -0.39 is 0 Å². The molecular formula is C16H25NO2. The van der Waals surface area contributed by atoms with E-state index >= 15 is 0 Å². The van der Waals surface area contributed by atoms with Gasteiger partial charge in [-0.2, -0.15) is 0 Å². The summed E-state index contributed by atoms with van der Waals surface area (Å²) >= 11 is 0. The van der Waals surface area contributed by atoms with Gasteiger partial charge in [0.25, 0.3) is 0 Å². The Morgan fingerprint density at radius 3 is 2.79 bits per heavy atom. The molecule has 0 aromatic heterocycles. The molecule has 19 heavy (non-hydrogen) atoms. The number of hydrogen-bond acceptors (Lipinski definition) is 3. The van der Waals surface area contributed by atoms with Gasteiger partial charge in [-0.05, 0) is 49.4 Å². The highest BCUT2D eigenvalue weighted by Crippen LogP contribution is 2.22. The molecule has 1 aliphatic heterocycles. The molecule has 1 aromatic rings. The van der Waals surface area contributed by atoms with E-state index in [0.29, 0.717) is 12.0 Å². The Bertz CT molecular complexity index is 364. The molecule has 1 heterocycles. The van der Waals surface area contributed by atoms with Crippen molar-refractivity contribution in [2.45, 2.75) is 32.3 Å². The first-order valence-corrected chi connectivity index (χ1v) is 7.28. The van der Waals surface area contributed by atoms with Gasteiger partial charge >= 0.3 is 0 Å². The van der Waals surface area contributed by atoms with Crippen LogP contribution in [0.2, 0.25) is 0 Å². The topological polar surface area (TPSA) is 30.5 Å². The first-order valence-electron chi connectivity index (χ1n) is 7.28. The van der Waals surface area contributed by atoms with Crippen molar-refractivity contribution in [1.29, 1.82) is 0 Å². The lowest BCUT2D eigenvalue weighted by Gasteiger charge is -2.17. The van der Waals surface area contributed by atoms with E-state index in [9.17, 15) is 0 Å². The Morgan fingerprint density at radius 2 is 2.11 bits per heavy atom. The van der Waals surface area contributed by atoms with Crippen LogP contribution in [0.25, 0.3) is 0 Å². The Morgan fingerprint density at radius 1 is 1.32 bits per heavy atom. The van der Waals surface area contributed by atoms with Crippen molar-refractivity contribution in [3.05, 3.63) is 29.8 Å². The molecule has 0 radical (unpaired) electrons. The highest BCUT2D eigenvalue weighted by molar-refractivity contribution is 5.27. The summed E-state index contributed by atoms with van der Waals surface area (Å²) in [6.07, 6.45) is 3.86. The maximum Gasteiger partial charge on any atom is 0.118 e. The summed E-state index contributed by atoms with van der Waals surface area (Å²) < 4.78 is 10.9. The summed E-state index contributed by atoms with van der Waals surface area (Å²) in [6, 6.07) is 8.31. The van der Waals surface area contributed by atoms with Crippen LogP contribution in [0.4, 0.5) is 0 Å². The second-order valence-corrected chi connectivity index (χ2v) is 5.17. The number of rotatable bonds is 7. The summed E-state index contributed by atoms with van der Waals surface area (Å²) in [7, 11) is 1.70. The molecule has 1 saturated heterocycles. The maximum absolute atomic E-state index is 5.70. The molecule has 2 unspecified atom stereocenters. The van der Waals surface area contributed by atoms with Crippen LogP contribution in [-0.4, -0.2) is 32.9 Å². The van der Waals surface area contributed by atoms with Gasteiger partial charge in [-0.3, -0.25) is 0 Å². The average Bonchev–Trinajstić information content (AvgIpc) is 2.91.